The lowest BCUT2D eigenvalue weighted by Crippen LogP contribution is -2.08. The lowest BCUT2D eigenvalue weighted by atomic mass is 10.2. The van der Waals surface area contributed by atoms with E-state index in [1.807, 2.05) is 30.3 Å². The van der Waals surface area contributed by atoms with Crippen LogP contribution in [-0.4, -0.2) is 24.5 Å². The molecule has 0 atom stereocenters. The Morgan fingerprint density at radius 3 is 2.69 bits per heavy atom. The molecule has 3 aromatic rings. The van der Waals surface area contributed by atoms with Crippen molar-refractivity contribution in [3.63, 3.8) is 0 Å². The minimum Gasteiger partial charge on any atom is -0.493 e. The van der Waals surface area contributed by atoms with Crippen LogP contribution in [-0.2, 0) is 5.75 Å². The van der Waals surface area contributed by atoms with E-state index in [9.17, 15) is 4.79 Å². The zero-order valence-electron chi connectivity index (χ0n) is 15.6. The number of amidine groups is 1. The number of esters is 1. The smallest absolute Gasteiger partial charge is 0.379 e. The molecular weight excluding hydrogens is 390 g/mol. The number of ether oxygens (including phenoxy) is 2. The number of carbonyl (C=O) groups is 1. The Bertz CT molecular complexity index is 1000. The van der Waals surface area contributed by atoms with E-state index in [1.165, 1.54) is 37.4 Å². The van der Waals surface area contributed by atoms with Crippen LogP contribution in [0.4, 0.5) is 0 Å². The lowest BCUT2D eigenvalue weighted by molar-refractivity contribution is 0.0696. The van der Waals surface area contributed by atoms with Gasteiger partial charge < -0.3 is 19.6 Å². The molecule has 0 saturated carbocycles. The maximum Gasteiger partial charge on any atom is 0.379 e. The van der Waals surface area contributed by atoms with Crippen LogP contribution in [0.5, 0.6) is 11.5 Å². The molecule has 1 heterocycles. The van der Waals surface area contributed by atoms with Gasteiger partial charge in [-0.15, -0.1) is 5.10 Å². The lowest BCUT2D eigenvalue weighted by Gasteiger charge is -2.08. The van der Waals surface area contributed by atoms with Crippen LogP contribution >= 0.6 is 11.8 Å². The van der Waals surface area contributed by atoms with E-state index in [4.69, 9.17) is 19.6 Å². The van der Waals surface area contributed by atoms with Crippen LogP contribution in [0.3, 0.4) is 0 Å². The molecule has 0 spiro atoms. The first-order valence-electron chi connectivity index (χ1n) is 8.62. The fourth-order valence-corrected chi connectivity index (χ4v) is 2.92. The molecule has 0 amide bonds. The standard InChI is InChI=1S/C21H19N3O4S/c1-26-19-12-16(9-10-17(19)28-20(25)18-8-5-11-27-18)13-23-24-21(22)29-14-15-6-3-2-4-7-15/h2-13H,14H2,1H3,(H2,22,24). The highest BCUT2D eigenvalue weighted by atomic mass is 32.2. The van der Waals surface area contributed by atoms with E-state index in [1.54, 1.807) is 24.3 Å². The first-order chi connectivity index (χ1) is 14.2. The van der Waals surface area contributed by atoms with Crippen LogP contribution in [0.25, 0.3) is 0 Å². The molecule has 29 heavy (non-hydrogen) atoms. The van der Waals surface area contributed by atoms with Crippen molar-refractivity contribution in [1.82, 2.24) is 0 Å². The Kier molecular flexibility index (Phi) is 7.07. The van der Waals surface area contributed by atoms with Gasteiger partial charge in [0.15, 0.2) is 16.7 Å². The Morgan fingerprint density at radius 1 is 1.14 bits per heavy atom. The Balaban J connectivity index is 1.61. The zero-order chi connectivity index (χ0) is 20.5. The monoisotopic (exact) mass is 409 g/mol. The number of hydrogen-bond donors (Lipinski definition) is 1. The maximum atomic E-state index is 12.0. The van der Waals surface area contributed by atoms with Gasteiger partial charge in [-0.3, -0.25) is 0 Å². The van der Waals surface area contributed by atoms with Gasteiger partial charge in [-0.05, 0) is 41.5 Å². The van der Waals surface area contributed by atoms with Gasteiger partial charge in [0.2, 0.25) is 5.76 Å². The second-order valence-electron chi connectivity index (χ2n) is 5.73. The summed E-state index contributed by atoms with van der Waals surface area (Å²) in [5.41, 5.74) is 7.74. The van der Waals surface area contributed by atoms with Crippen molar-refractivity contribution in [2.45, 2.75) is 5.75 Å². The Morgan fingerprint density at radius 2 is 1.97 bits per heavy atom. The van der Waals surface area contributed by atoms with Crippen molar-refractivity contribution >= 4 is 29.1 Å². The quantitative estimate of drug-likeness (QED) is 0.207. The average Bonchev–Trinajstić information content (AvgIpc) is 3.29. The highest BCUT2D eigenvalue weighted by Crippen LogP contribution is 2.28. The molecule has 0 radical (unpaired) electrons. The predicted molar refractivity (Wildman–Crippen MR) is 114 cm³/mol. The number of furan rings is 1. The van der Waals surface area contributed by atoms with Gasteiger partial charge in [0.25, 0.3) is 0 Å². The van der Waals surface area contributed by atoms with Gasteiger partial charge in [0.05, 0.1) is 19.6 Å². The third-order valence-corrected chi connectivity index (χ3v) is 4.56. The van der Waals surface area contributed by atoms with Crippen molar-refractivity contribution in [2.75, 3.05) is 7.11 Å². The van der Waals surface area contributed by atoms with E-state index in [0.29, 0.717) is 16.5 Å². The molecule has 7 nitrogen and oxygen atoms in total. The summed E-state index contributed by atoms with van der Waals surface area (Å²) >= 11 is 1.40. The van der Waals surface area contributed by atoms with E-state index < -0.39 is 5.97 Å². The van der Waals surface area contributed by atoms with Gasteiger partial charge in [-0.25, -0.2) is 4.79 Å². The second-order valence-corrected chi connectivity index (χ2v) is 6.73. The normalized spacial score (nSPS) is 11.6. The Hall–Kier alpha value is -3.52. The third kappa shape index (κ3) is 5.98. The van der Waals surface area contributed by atoms with Gasteiger partial charge in [-0.1, -0.05) is 42.1 Å². The number of thioether (sulfide) groups is 1. The molecule has 0 saturated heterocycles. The van der Waals surface area contributed by atoms with Crippen LogP contribution < -0.4 is 15.2 Å². The van der Waals surface area contributed by atoms with Crippen LogP contribution in [0, 0.1) is 0 Å². The topological polar surface area (TPSA) is 99.4 Å². The summed E-state index contributed by atoms with van der Waals surface area (Å²) in [6.07, 6.45) is 2.94. The van der Waals surface area contributed by atoms with E-state index >= 15 is 0 Å². The Labute approximate surface area is 172 Å². The van der Waals surface area contributed by atoms with Gasteiger partial charge in [0, 0.05) is 5.75 Å². The molecular formula is C21H19N3O4S. The molecule has 0 aliphatic rings. The highest BCUT2D eigenvalue weighted by Gasteiger charge is 2.14. The number of nitrogens with two attached hydrogens (primary N) is 1. The predicted octanol–water partition coefficient (Wildman–Crippen LogP) is 4.09. The summed E-state index contributed by atoms with van der Waals surface area (Å²) in [5.74, 6) is 0.865. The number of carbonyl (C=O) groups excluding carboxylic acids is 1. The van der Waals surface area contributed by atoms with Gasteiger partial charge >= 0.3 is 5.97 Å². The molecule has 1 aromatic heterocycles. The fourth-order valence-electron chi connectivity index (χ4n) is 2.31. The molecule has 3 rings (SSSR count). The number of methoxy groups -OCH3 is 1. The highest BCUT2D eigenvalue weighted by molar-refractivity contribution is 8.13. The molecule has 2 aromatic carbocycles. The zero-order valence-corrected chi connectivity index (χ0v) is 16.5. The van der Waals surface area contributed by atoms with E-state index in [2.05, 4.69) is 10.2 Å². The number of benzene rings is 2. The fraction of sp³-hybridized carbons (Fsp3) is 0.0952. The molecule has 0 bridgehead atoms. The minimum absolute atomic E-state index is 0.107. The summed E-state index contributed by atoms with van der Waals surface area (Å²) in [4.78, 5) is 12.0. The summed E-state index contributed by atoms with van der Waals surface area (Å²) < 4.78 is 15.6. The van der Waals surface area contributed by atoms with Crippen molar-refractivity contribution in [3.8, 4) is 11.5 Å². The first kappa shape index (κ1) is 20.2. The molecule has 0 unspecified atom stereocenters. The second kappa shape index (κ2) is 10.1. The van der Waals surface area contributed by atoms with E-state index in [0.717, 1.165) is 11.3 Å². The van der Waals surface area contributed by atoms with Crippen molar-refractivity contribution in [1.29, 1.82) is 0 Å². The van der Waals surface area contributed by atoms with Crippen molar-refractivity contribution in [2.24, 2.45) is 15.9 Å². The number of hydrogen-bond acceptors (Lipinski definition) is 7. The summed E-state index contributed by atoms with van der Waals surface area (Å²) in [5, 5.41) is 8.34. The summed E-state index contributed by atoms with van der Waals surface area (Å²) in [6.45, 7) is 0. The number of rotatable bonds is 7. The summed E-state index contributed by atoms with van der Waals surface area (Å²) in [7, 11) is 1.48. The molecule has 148 valence electrons. The summed E-state index contributed by atoms with van der Waals surface area (Å²) in [6, 6.07) is 18.1. The van der Waals surface area contributed by atoms with E-state index in [-0.39, 0.29) is 11.5 Å². The molecule has 0 aliphatic carbocycles. The van der Waals surface area contributed by atoms with Gasteiger partial charge in [0.1, 0.15) is 0 Å². The van der Waals surface area contributed by atoms with Crippen LogP contribution in [0.1, 0.15) is 21.7 Å². The van der Waals surface area contributed by atoms with Crippen LogP contribution in [0.2, 0.25) is 0 Å². The van der Waals surface area contributed by atoms with Crippen molar-refractivity contribution < 1.29 is 18.7 Å². The molecule has 2 N–H and O–H groups in total. The molecule has 0 fully saturated rings. The minimum atomic E-state index is -0.609. The molecule has 8 heteroatoms. The van der Waals surface area contributed by atoms with Crippen molar-refractivity contribution in [3.05, 3.63) is 83.8 Å². The third-order valence-electron chi connectivity index (χ3n) is 3.71. The average molecular weight is 409 g/mol. The first-order valence-corrected chi connectivity index (χ1v) is 9.61. The number of nitrogens with zero attached hydrogens (tertiary/aromatic N) is 2. The largest absolute Gasteiger partial charge is 0.493 e. The maximum absolute atomic E-state index is 12.0. The molecule has 0 aliphatic heterocycles. The van der Waals surface area contributed by atoms with Crippen LogP contribution in [0.15, 0.2) is 81.5 Å². The van der Waals surface area contributed by atoms with Gasteiger partial charge in [-0.2, -0.15) is 5.10 Å². The SMILES string of the molecule is COc1cc(C=NN=C(N)SCc2ccccc2)ccc1OC(=O)c1ccco1.